The molecule has 0 saturated carbocycles. The minimum Gasteiger partial charge on any atom is -0.456 e. The summed E-state index contributed by atoms with van der Waals surface area (Å²) in [5, 5.41) is 9.69. The molecule has 11 aromatic rings. The van der Waals surface area contributed by atoms with Gasteiger partial charge in [0.1, 0.15) is 16.7 Å². The number of hydrogen-bond donors (Lipinski definition) is 0. The Kier molecular flexibility index (Phi) is 8.16. The van der Waals surface area contributed by atoms with Crippen molar-refractivity contribution in [2.24, 2.45) is 0 Å². The number of nitrogens with zero attached hydrogens (tertiary/aromatic N) is 1. The van der Waals surface area contributed by atoms with Crippen LogP contribution in [0.1, 0.15) is 0 Å². The fraction of sp³-hybridized carbons (Fsp3) is 0. The number of hydrogen-bond acceptors (Lipinski definition) is 3. The lowest BCUT2D eigenvalue weighted by atomic mass is 10.0. The van der Waals surface area contributed by atoms with Crippen molar-refractivity contribution < 1.29 is 8.83 Å². The van der Waals surface area contributed by atoms with E-state index in [0.717, 1.165) is 72.1 Å². The molecule has 0 aliphatic heterocycles. The number of anilines is 3. The molecular formula is C54H37NO2Si. The van der Waals surface area contributed by atoms with E-state index in [0.29, 0.717) is 0 Å². The SMILES string of the molecule is c1ccc(-c2cccc3c2oc2c(N(c4ccc([Si](c5ccccc5)(c5ccccc5)c5ccccc5)cc4)c4ccc5c(c4)oc4ccccc45)cccc23)cc1. The van der Waals surface area contributed by atoms with Gasteiger partial charge in [-0.15, -0.1) is 0 Å². The van der Waals surface area contributed by atoms with Crippen molar-refractivity contribution in [3.05, 3.63) is 224 Å². The van der Waals surface area contributed by atoms with Gasteiger partial charge in [0.25, 0.3) is 0 Å². The standard InChI is InChI=1S/C54H37NO2Si/c1-5-17-38(18-6-1)45-26-15-27-48-49-28-16-29-50(54(49)57-53(45)48)55(40-33-36-47-46-25-13-14-30-51(46)56-52(47)37-40)39-31-34-44(35-32-39)58(41-19-7-2-8-20-41,42-21-9-3-10-22-42)43-23-11-4-12-24-43/h1-37H. The molecule has 274 valence electrons. The quantitative estimate of drug-likeness (QED) is 0.114. The second-order valence-electron chi connectivity index (χ2n) is 14.8. The van der Waals surface area contributed by atoms with Gasteiger partial charge in [-0.25, -0.2) is 0 Å². The van der Waals surface area contributed by atoms with E-state index >= 15 is 0 Å². The molecule has 2 heterocycles. The second-order valence-corrected chi connectivity index (χ2v) is 18.6. The van der Waals surface area contributed by atoms with Crippen molar-refractivity contribution in [3.8, 4) is 11.1 Å². The molecule has 3 nitrogen and oxygen atoms in total. The third-order valence-corrected chi connectivity index (χ3v) is 16.4. The summed E-state index contributed by atoms with van der Waals surface area (Å²) >= 11 is 0. The Morgan fingerprint density at radius 1 is 0.328 bits per heavy atom. The molecule has 0 aliphatic rings. The number of para-hydroxylation sites is 3. The molecule has 4 heteroatoms. The van der Waals surface area contributed by atoms with Gasteiger partial charge in [-0.2, -0.15) is 0 Å². The maximum Gasteiger partial charge on any atom is 0.179 e. The van der Waals surface area contributed by atoms with Crippen molar-refractivity contribution >= 4 is 89.8 Å². The molecule has 2 aromatic heterocycles. The summed E-state index contributed by atoms with van der Waals surface area (Å²) in [6.07, 6.45) is 0. The van der Waals surface area contributed by atoms with Crippen LogP contribution in [0.5, 0.6) is 0 Å². The molecule has 0 amide bonds. The van der Waals surface area contributed by atoms with Crippen molar-refractivity contribution in [3.63, 3.8) is 0 Å². The zero-order chi connectivity index (χ0) is 38.5. The van der Waals surface area contributed by atoms with Gasteiger partial charge in [-0.3, -0.25) is 0 Å². The summed E-state index contributed by atoms with van der Waals surface area (Å²) in [6.45, 7) is 0. The van der Waals surface area contributed by atoms with E-state index in [1.54, 1.807) is 0 Å². The van der Waals surface area contributed by atoms with Crippen LogP contribution in [-0.4, -0.2) is 8.07 Å². The molecule has 0 bridgehead atoms. The smallest absolute Gasteiger partial charge is 0.179 e. The van der Waals surface area contributed by atoms with Crippen LogP contribution < -0.4 is 25.6 Å². The van der Waals surface area contributed by atoms with E-state index in [2.05, 4.69) is 217 Å². The summed E-state index contributed by atoms with van der Waals surface area (Å²) in [5.41, 5.74) is 8.58. The van der Waals surface area contributed by atoms with Gasteiger partial charge >= 0.3 is 0 Å². The molecule has 0 unspecified atom stereocenters. The van der Waals surface area contributed by atoms with E-state index in [1.807, 2.05) is 12.1 Å². The molecule has 0 fully saturated rings. The van der Waals surface area contributed by atoms with Gasteiger partial charge in [0.15, 0.2) is 13.7 Å². The minimum absolute atomic E-state index is 0.830. The van der Waals surface area contributed by atoms with E-state index in [9.17, 15) is 0 Å². The van der Waals surface area contributed by atoms with E-state index < -0.39 is 8.07 Å². The van der Waals surface area contributed by atoms with Crippen LogP contribution in [0.3, 0.4) is 0 Å². The monoisotopic (exact) mass is 759 g/mol. The predicted molar refractivity (Wildman–Crippen MR) is 245 cm³/mol. The zero-order valence-corrected chi connectivity index (χ0v) is 32.6. The lowest BCUT2D eigenvalue weighted by Crippen LogP contribution is -2.74. The van der Waals surface area contributed by atoms with E-state index in [-0.39, 0.29) is 0 Å². The van der Waals surface area contributed by atoms with Crippen LogP contribution in [0, 0.1) is 0 Å². The molecular weight excluding hydrogens is 723 g/mol. The Hall–Kier alpha value is -7.40. The largest absolute Gasteiger partial charge is 0.456 e. The molecule has 0 saturated heterocycles. The molecule has 0 spiro atoms. The van der Waals surface area contributed by atoms with Gasteiger partial charge in [0.05, 0.1) is 11.4 Å². The maximum atomic E-state index is 7.02. The van der Waals surface area contributed by atoms with Gasteiger partial charge in [-0.05, 0) is 62.7 Å². The first kappa shape index (κ1) is 33.9. The zero-order valence-electron chi connectivity index (χ0n) is 31.6. The molecule has 0 N–H and O–H groups in total. The van der Waals surface area contributed by atoms with Crippen LogP contribution in [0.4, 0.5) is 17.1 Å². The fourth-order valence-corrected chi connectivity index (χ4v) is 13.8. The Labute approximate surface area is 337 Å². The molecule has 11 rings (SSSR count). The topological polar surface area (TPSA) is 29.5 Å². The van der Waals surface area contributed by atoms with Gasteiger partial charge in [-0.1, -0.05) is 182 Å². The van der Waals surface area contributed by atoms with Gasteiger partial charge < -0.3 is 13.7 Å². The second kappa shape index (κ2) is 14.0. The van der Waals surface area contributed by atoms with Crippen molar-refractivity contribution in [1.29, 1.82) is 0 Å². The molecule has 0 atom stereocenters. The van der Waals surface area contributed by atoms with Crippen molar-refractivity contribution in [2.45, 2.75) is 0 Å². The third-order valence-electron chi connectivity index (χ3n) is 11.6. The Balaban J connectivity index is 1.15. The molecule has 0 aliphatic carbocycles. The van der Waals surface area contributed by atoms with Crippen LogP contribution >= 0.6 is 0 Å². The third kappa shape index (κ3) is 5.41. The lowest BCUT2D eigenvalue weighted by Gasteiger charge is -2.35. The summed E-state index contributed by atoms with van der Waals surface area (Å²) in [5.74, 6) is 0. The van der Waals surface area contributed by atoms with Crippen LogP contribution in [0.15, 0.2) is 233 Å². The van der Waals surface area contributed by atoms with E-state index in [4.69, 9.17) is 8.83 Å². The Bertz CT molecular complexity index is 3110. The minimum atomic E-state index is -2.73. The average Bonchev–Trinajstić information content (AvgIpc) is 3.88. The van der Waals surface area contributed by atoms with Crippen molar-refractivity contribution in [1.82, 2.24) is 0 Å². The summed E-state index contributed by atoms with van der Waals surface area (Å²) < 4.78 is 13.5. The Morgan fingerprint density at radius 2 is 0.828 bits per heavy atom. The lowest BCUT2D eigenvalue weighted by molar-refractivity contribution is 0.668. The molecule has 58 heavy (non-hydrogen) atoms. The highest BCUT2D eigenvalue weighted by Crippen LogP contribution is 2.45. The predicted octanol–water partition coefficient (Wildman–Crippen LogP) is 12.0. The number of benzene rings is 9. The maximum absolute atomic E-state index is 7.02. The highest BCUT2D eigenvalue weighted by atomic mass is 28.3. The first-order valence-corrected chi connectivity index (χ1v) is 21.8. The van der Waals surface area contributed by atoms with Gasteiger partial charge in [0.2, 0.25) is 0 Å². The summed E-state index contributed by atoms with van der Waals surface area (Å²) in [6, 6.07) is 80.7. The highest BCUT2D eigenvalue weighted by molar-refractivity contribution is 7.19. The number of rotatable bonds is 8. The van der Waals surface area contributed by atoms with Crippen LogP contribution in [0.2, 0.25) is 0 Å². The van der Waals surface area contributed by atoms with Crippen LogP contribution in [-0.2, 0) is 0 Å². The normalized spacial score (nSPS) is 11.8. The fourth-order valence-electron chi connectivity index (χ4n) is 9.03. The molecule has 9 aromatic carbocycles. The van der Waals surface area contributed by atoms with Crippen LogP contribution in [0.25, 0.3) is 55.0 Å². The first-order valence-electron chi connectivity index (χ1n) is 19.8. The van der Waals surface area contributed by atoms with E-state index in [1.165, 1.54) is 20.7 Å². The summed E-state index contributed by atoms with van der Waals surface area (Å²) in [4.78, 5) is 2.32. The highest BCUT2D eigenvalue weighted by Gasteiger charge is 2.41. The average molecular weight is 760 g/mol. The number of furan rings is 2. The Morgan fingerprint density at radius 3 is 1.48 bits per heavy atom. The molecule has 0 radical (unpaired) electrons. The van der Waals surface area contributed by atoms with Gasteiger partial charge in [0, 0.05) is 38.9 Å². The number of fused-ring (bicyclic) bond motifs is 6. The van der Waals surface area contributed by atoms with Crippen molar-refractivity contribution in [2.75, 3.05) is 4.90 Å². The summed E-state index contributed by atoms with van der Waals surface area (Å²) in [7, 11) is -2.73. The first-order chi connectivity index (χ1) is 28.8.